The maximum Gasteiger partial charge on any atom is 0.129 e. The van der Waals surface area contributed by atoms with E-state index in [0.29, 0.717) is 18.4 Å². The molecule has 0 bridgehead atoms. The lowest BCUT2D eigenvalue weighted by Gasteiger charge is -2.21. The van der Waals surface area contributed by atoms with Crippen molar-refractivity contribution in [2.75, 3.05) is 6.54 Å². The maximum atomic E-state index is 13.8. The Morgan fingerprint density at radius 1 is 1.15 bits per heavy atom. The van der Waals surface area contributed by atoms with Crippen LogP contribution in [0.1, 0.15) is 51.0 Å². The molecule has 1 aromatic carbocycles. The van der Waals surface area contributed by atoms with Gasteiger partial charge in [-0.1, -0.05) is 32.3 Å². The summed E-state index contributed by atoms with van der Waals surface area (Å²) >= 11 is 0. The second-order valence-corrected chi connectivity index (χ2v) is 5.94. The molecule has 0 heterocycles. The van der Waals surface area contributed by atoms with Gasteiger partial charge in [-0.2, -0.15) is 0 Å². The third kappa shape index (κ3) is 4.27. The second kappa shape index (κ2) is 7.72. The van der Waals surface area contributed by atoms with Gasteiger partial charge in [-0.05, 0) is 50.3 Å². The Labute approximate surface area is 120 Å². The van der Waals surface area contributed by atoms with E-state index in [1.54, 1.807) is 0 Å². The molecule has 0 aromatic heterocycles. The lowest BCUT2D eigenvalue weighted by molar-refractivity contribution is 0.376. The smallest absolute Gasteiger partial charge is 0.129 e. The van der Waals surface area contributed by atoms with E-state index < -0.39 is 11.6 Å². The Balaban J connectivity index is 2.00. The minimum atomic E-state index is -0.396. The van der Waals surface area contributed by atoms with Gasteiger partial charge in [0.05, 0.1) is 0 Å². The van der Waals surface area contributed by atoms with Gasteiger partial charge in [0.1, 0.15) is 11.6 Å². The molecule has 2 unspecified atom stereocenters. The van der Waals surface area contributed by atoms with E-state index in [-0.39, 0.29) is 5.56 Å². The summed E-state index contributed by atoms with van der Waals surface area (Å²) in [5.74, 6) is -0.405. The third-order valence-electron chi connectivity index (χ3n) is 4.27. The molecule has 1 aliphatic carbocycles. The number of benzene rings is 1. The summed E-state index contributed by atoms with van der Waals surface area (Å²) in [5, 5.41) is 3.57. The lowest BCUT2D eigenvalue weighted by atomic mass is 9.90. The summed E-state index contributed by atoms with van der Waals surface area (Å²) in [6.45, 7) is 3.20. The van der Waals surface area contributed by atoms with Gasteiger partial charge in [0.25, 0.3) is 0 Å². The van der Waals surface area contributed by atoms with Crippen LogP contribution in [0.25, 0.3) is 0 Å². The zero-order valence-corrected chi connectivity index (χ0v) is 12.3. The first-order valence-electron chi connectivity index (χ1n) is 7.87. The molecule has 0 saturated heterocycles. The summed E-state index contributed by atoms with van der Waals surface area (Å²) in [7, 11) is 0. The molecule has 1 aromatic rings. The van der Waals surface area contributed by atoms with Gasteiger partial charge in [-0.15, -0.1) is 0 Å². The van der Waals surface area contributed by atoms with Crippen molar-refractivity contribution in [3.63, 3.8) is 0 Å². The molecule has 1 nitrogen and oxygen atoms in total. The van der Waals surface area contributed by atoms with E-state index >= 15 is 0 Å². The van der Waals surface area contributed by atoms with Crippen LogP contribution in [-0.4, -0.2) is 12.6 Å². The zero-order chi connectivity index (χ0) is 14.4. The number of hydrogen-bond acceptors (Lipinski definition) is 1. The predicted octanol–water partition coefficient (Wildman–Crippen LogP) is 4.46. The zero-order valence-electron chi connectivity index (χ0n) is 12.3. The van der Waals surface area contributed by atoms with Crippen LogP contribution in [0.2, 0.25) is 0 Å². The molecule has 1 aliphatic rings. The van der Waals surface area contributed by atoms with Gasteiger partial charge < -0.3 is 5.32 Å². The minimum absolute atomic E-state index is 0.272. The highest BCUT2D eigenvalue weighted by Gasteiger charge is 2.22. The first-order valence-corrected chi connectivity index (χ1v) is 7.87. The number of hydrogen-bond donors (Lipinski definition) is 1. The second-order valence-electron chi connectivity index (χ2n) is 5.94. The molecule has 0 amide bonds. The Kier molecular flexibility index (Phi) is 5.96. The van der Waals surface area contributed by atoms with Crippen LogP contribution in [0, 0.1) is 17.6 Å². The summed E-state index contributed by atoms with van der Waals surface area (Å²) in [5.41, 5.74) is 0.272. The van der Waals surface area contributed by atoms with E-state index in [1.807, 2.05) is 0 Å². The van der Waals surface area contributed by atoms with Crippen molar-refractivity contribution in [1.29, 1.82) is 0 Å². The van der Waals surface area contributed by atoms with Crippen molar-refractivity contribution in [1.82, 2.24) is 5.32 Å². The molecule has 2 atom stereocenters. The molecule has 1 saturated carbocycles. The van der Waals surface area contributed by atoms with E-state index in [9.17, 15) is 8.78 Å². The molecule has 3 heteroatoms. The summed E-state index contributed by atoms with van der Waals surface area (Å²) in [6.07, 6.45) is 7.36. The van der Waals surface area contributed by atoms with Crippen LogP contribution >= 0.6 is 0 Å². The van der Waals surface area contributed by atoms with Crippen molar-refractivity contribution in [2.24, 2.45) is 5.92 Å². The van der Waals surface area contributed by atoms with Crippen molar-refractivity contribution in [3.05, 3.63) is 35.4 Å². The molecule has 0 radical (unpaired) electrons. The summed E-state index contributed by atoms with van der Waals surface area (Å²) in [4.78, 5) is 0. The third-order valence-corrected chi connectivity index (χ3v) is 4.27. The topological polar surface area (TPSA) is 12.0 Å². The average molecular weight is 281 g/mol. The summed E-state index contributed by atoms with van der Waals surface area (Å²) < 4.78 is 27.5. The fraction of sp³-hybridized carbons (Fsp3) is 0.647. The molecular formula is C17H25F2N. The van der Waals surface area contributed by atoms with Gasteiger partial charge in [0.15, 0.2) is 0 Å². The van der Waals surface area contributed by atoms with Crippen LogP contribution in [-0.2, 0) is 6.42 Å². The Hall–Kier alpha value is -0.960. The van der Waals surface area contributed by atoms with E-state index in [0.717, 1.165) is 25.8 Å². The highest BCUT2D eigenvalue weighted by molar-refractivity contribution is 5.20. The van der Waals surface area contributed by atoms with Crippen molar-refractivity contribution >= 4 is 0 Å². The summed E-state index contributed by atoms with van der Waals surface area (Å²) in [6, 6.07) is 4.67. The molecule has 2 rings (SSSR count). The monoisotopic (exact) mass is 281 g/mol. The molecule has 0 spiro atoms. The molecule has 1 fully saturated rings. The van der Waals surface area contributed by atoms with Gasteiger partial charge >= 0.3 is 0 Å². The van der Waals surface area contributed by atoms with Crippen molar-refractivity contribution < 1.29 is 8.78 Å². The Bertz CT molecular complexity index is 399. The molecule has 1 N–H and O–H groups in total. The molecule has 112 valence electrons. The largest absolute Gasteiger partial charge is 0.314 e. The average Bonchev–Trinajstić information content (AvgIpc) is 2.66. The number of rotatable bonds is 5. The van der Waals surface area contributed by atoms with Crippen molar-refractivity contribution in [2.45, 2.75) is 57.9 Å². The van der Waals surface area contributed by atoms with Crippen LogP contribution in [0.3, 0.4) is 0 Å². The van der Waals surface area contributed by atoms with Crippen LogP contribution in [0.5, 0.6) is 0 Å². The SMILES string of the molecule is CCCNC1CCCCC(Cc2c(F)cccc2F)C1. The molecule has 0 aliphatic heterocycles. The Morgan fingerprint density at radius 3 is 2.55 bits per heavy atom. The number of nitrogens with one attached hydrogen (secondary N) is 1. The quantitative estimate of drug-likeness (QED) is 0.786. The highest BCUT2D eigenvalue weighted by atomic mass is 19.1. The molecule has 20 heavy (non-hydrogen) atoms. The van der Waals surface area contributed by atoms with Gasteiger partial charge in [0.2, 0.25) is 0 Å². The van der Waals surface area contributed by atoms with Gasteiger partial charge in [0, 0.05) is 11.6 Å². The maximum absolute atomic E-state index is 13.8. The fourth-order valence-corrected chi connectivity index (χ4v) is 3.20. The first-order chi connectivity index (χ1) is 9.70. The van der Waals surface area contributed by atoms with E-state index in [2.05, 4.69) is 12.2 Å². The minimum Gasteiger partial charge on any atom is -0.314 e. The fourth-order valence-electron chi connectivity index (χ4n) is 3.20. The normalized spacial score (nSPS) is 23.6. The van der Waals surface area contributed by atoms with E-state index in [1.165, 1.54) is 37.5 Å². The lowest BCUT2D eigenvalue weighted by Crippen LogP contribution is -2.31. The molecular weight excluding hydrogens is 256 g/mol. The highest BCUT2D eigenvalue weighted by Crippen LogP contribution is 2.28. The van der Waals surface area contributed by atoms with Gasteiger partial charge in [-0.3, -0.25) is 0 Å². The van der Waals surface area contributed by atoms with Gasteiger partial charge in [-0.25, -0.2) is 8.78 Å². The first kappa shape index (κ1) is 15.4. The van der Waals surface area contributed by atoms with Crippen LogP contribution in [0.15, 0.2) is 18.2 Å². The van der Waals surface area contributed by atoms with E-state index in [4.69, 9.17) is 0 Å². The number of halogens is 2. The Morgan fingerprint density at radius 2 is 1.85 bits per heavy atom. The van der Waals surface area contributed by atoms with Crippen molar-refractivity contribution in [3.8, 4) is 0 Å². The standard InChI is InChI=1S/C17H25F2N/c1-2-10-20-14-7-4-3-6-13(11-14)12-15-16(18)8-5-9-17(15)19/h5,8-9,13-14,20H,2-4,6-7,10-12H2,1H3. The van der Waals surface area contributed by atoms with Crippen LogP contribution in [0.4, 0.5) is 8.78 Å². The van der Waals surface area contributed by atoms with Crippen LogP contribution < -0.4 is 5.32 Å². The predicted molar refractivity (Wildman–Crippen MR) is 78.7 cm³/mol.